The number of amides is 1. The maximum absolute atomic E-state index is 12.1. The Bertz CT molecular complexity index is 500. The van der Waals surface area contributed by atoms with Crippen LogP contribution in [-0.2, 0) is 14.3 Å². The molecule has 1 aliphatic rings. The van der Waals surface area contributed by atoms with Crippen LogP contribution in [0.1, 0.15) is 24.8 Å². The second kappa shape index (κ2) is 5.40. The normalized spacial score (nSPS) is 21.9. The van der Waals surface area contributed by atoms with E-state index in [9.17, 15) is 14.7 Å². The average Bonchev–Trinajstić information content (AvgIpc) is 2.37. The summed E-state index contributed by atoms with van der Waals surface area (Å²) in [6.45, 7) is 1.86. The molecule has 2 atom stereocenters. The highest BCUT2D eigenvalue weighted by molar-refractivity contribution is 5.97. The van der Waals surface area contributed by atoms with Crippen LogP contribution in [0.3, 0.4) is 0 Å². The Hall–Kier alpha value is -1.88. The largest absolute Gasteiger partial charge is 0.481 e. The molecule has 1 N–H and O–H groups in total. The first-order chi connectivity index (χ1) is 9.06. The molecule has 5 heteroatoms. The topological polar surface area (TPSA) is 66.8 Å². The summed E-state index contributed by atoms with van der Waals surface area (Å²) in [6.07, 6.45) is 0.418. The third kappa shape index (κ3) is 2.46. The molecule has 0 aliphatic carbocycles. The minimum Gasteiger partial charge on any atom is -0.481 e. The number of methoxy groups -OCH3 is 1. The van der Waals surface area contributed by atoms with Gasteiger partial charge in [-0.25, -0.2) is 0 Å². The fraction of sp³-hybridized carbons (Fsp3) is 0.429. The monoisotopic (exact) mass is 263 g/mol. The van der Waals surface area contributed by atoms with Gasteiger partial charge in [0.05, 0.1) is 5.92 Å². The summed E-state index contributed by atoms with van der Waals surface area (Å²) >= 11 is 0. The first-order valence-corrected chi connectivity index (χ1v) is 6.19. The van der Waals surface area contributed by atoms with Gasteiger partial charge in [0.25, 0.3) is 5.91 Å². The minimum atomic E-state index is -0.849. The van der Waals surface area contributed by atoms with Crippen LogP contribution in [0, 0.1) is 0 Å². The van der Waals surface area contributed by atoms with Crippen molar-refractivity contribution in [3.8, 4) is 0 Å². The fourth-order valence-electron chi connectivity index (χ4n) is 2.62. The van der Waals surface area contributed by atoms with Gasteiger partial charge in [-0.15, -0.1) is 0 Å². The van der Waals surface area contributed by atoms with Crippen LogP contribution in [0.5, 0.6) is 0 Å². The van der Waals surface area contributed by atoms with Crippen molar-refractivity contribution in [2.45, 2.75) is 25.3 Å². The maximum atomic E-state index is 12.1. The highest BCUT2D eigenvalue weighted by Gasteiger charge is 2.36. The van der Waals surface area contributed by atoms with Gasteiger partial charge in [0.1, 0.15) is 6.61 Å². The number of fused-ring (bicyclic) bond motifs is 1. The molecule has 2 rings (SSSR count). The van der Waals surface area contributed by atoms with Gasteiger partial charge >= 0.3 is 5.97 Å². The Morgan fingerprint density at radius 3 is 2.74 bits per heavy atom. The first kappa shape index (κ1) is 13.5. The number of anilines is 1. The number of ether oxygens (including phenoxy) is 1. The standard InChI is InChI=1S/C14H17NO4/c1-9-7-11(14(17)18)10-5-3-4-6-12(10)15(9)13(16)8-19-2/h3-6,9,11H,7-8H2,1-2H3,(H,17,18). The lowest BCUT2D eigenvalue weighted by atomic mass is 9.86. The van der Waals surface area contributed by atoms with Crippen molar-refractivity contribution < 1.29 is 19.4 Å². The molecule has 0 radical (unpaired) electrons. The summed E-state index contributed by atoms with van der Waals surface area (Å²) in [5.74, 6) is -1.55. The number of carbonyl (C=O) groups is 2. The number of nitrogens with zero attached hydrogens (tertiary/aromatic N) is 1. The SMILES string of the molecule is COCC(=O)N1c2ccccc2C(C(=O)O)CC1C. The second-order valence-corrected chi connectivity index (χ2v) is 4.73. The molecule has 0 bridgehead atoms. The van der Waals surface area contributed by atoms with Crippen LogP contribution in [0.4, 0.5) is 5.69 Å². The number of aliphatic carboxylic acids is 1. The van der Waals surface area contributed by atoms with E-state index in [1.165, 1.54) is 7.11 Å². The van der Waals surface area contributed by atoms with E-state index >= 15 is 0 Å². The molecule has 1 amide bonds. The van der Waals surface area contributed by atoms with E-state index in [4.69, 9.17) is 4.74 Å². The highest BCUT2D eigenvalue weighted by Crippen LogP contribution is 2.38. The minimum absolute atomic E-state index is 0.00356. The fourth-order valence-corrected chi connectivity index (χ4v) is 2.62. The van der Waals surface area contributed by atoms with Crippen LogP contribution in [0.2, 0.25) is 0 Å². The van der Waals surface area contributed by atoms with Crippen LogP contribution in [0.15, 0.2) is 24.3 Å². The highest BCUT2D eigenvalue weighted by atomic mass is 16.5. The summed E-state index contributed by atoms with van der Waals surface area (Å²) in [7, 11) is 1.47. The van der Waals surface area contributed by atoms with E-state index < -0.39 is 11.9 Å². The van der Waals surface area contributed by atoms with Gasteiger partial charge in [-0.1, -0.05) is 18.2 Å². The Morgan fingerprint density at radius 1 is 1.42 bits per heavy atom. The van der Waals surface area contributed by atoms with Crippen LogP contribution < -0.4 is 4.90 Å². The molecule has 0 saturated heterocycles. The van der Waals surface area contributed by atoms with Crippen molar-refractivity contribution in [2.75, 3.05) is 18.6 Å². The number of para-hydroxylation sites is 1. The number of carboxylic acid groups (broad SMARTS) is 1. The second-order valence-electron chi connectivity index (χ2n) is 4.73. The molecule has 5 nitrogen and oxygen atoms in total. The van der Waals surface area contributed by atoms with Crippen molar-refractivity contribution in [3.63, 3.8) is 0 Å². The Balaban J connectivity index is 2.44. The summed E-state index contributed by atoms with van der Waals surface area (Å²) in [6, 6.07) is 7.01. The number of rotatable bonds is 3. The van der Waals surface area contributed by atoms with Crippen molar-refractivity contribution in [1.29, 1.82) is 0 Å². The molecule has 1 aromatic carbocycles. The predicted molar refractivity (Wildman–Crippen MR) is 70.3 cm³/mol. The molecule has 2 unspecified atom stereocenters. The molecule has 102 valence electrons. The van der Waals surface area contributed by atoms with Crippen LogP contribution in [-0.4, -0.2) is 36.7 Å². The molecule has 19 heavy (non-hydrogen) atoms. The molecule has 1 aliphatic heterocycles. The van der Waals surface area contributed by atoms with Gasteiger partial charge in [-0.2, -0.15) is 0 Å². The van der Waals surface area contributed by atoms with E-state index in [0.717, 1.165) is 0 Å². The quantitative estimate of drug-likeness (QED) is 0.900. The number of carbonyl (C=O) groups excluding carboxylic acids is 1. The average molecular weight is 263 g/mol. The third-order valence-electron chi connectivity index (χ3n) is 3.42. The molecule has 0 aromatic heterocycles. The Morgan fingerprint density at radius 2 is 2.11 bits per heavy atom. The summed E-state index contributed by atoms with van der Waals surface area (Å²) in [4.78, 5) is 25.1. The van der Waals surface area contributed by atoms with Gasteiger partial charge in [0.15, 0.2) is 0 Å². The predicted octanol–water partition coefficient (Wildman–Crippen LogP) is 1.63. The van der Waals surface area contributed by atoms with Gasteiger partial charge < -0.3 is 14.7 Å². The van der Waals surface area contributed by atoms with Gasteiger partial charge in [-0.05, 0) is 25.0 Å². The smallest absolute Gasteiger partial charge is 0.311 e. The van der Waals surface area contributed by atoms with Gasteiger partial charge in [-0.3, -0.25) is 9.59 Å². The van der Waals surface area contributed by atoms with E-state index in [0.29, 0.717) is 17.7 Å². The Labute approximate surface area is 111 Å². The molecule has 0 fully saturated rings. The summed E-state index contributed by atoms with van der Waals surface area (Å²) in [5.41, 5.74) is 1.37. The maximum Gasteiger partial charge on any atom is 0.311 e. The molecule has 1 heterocycles. The van der Waals surface area contributed by atoms with E-state index in [2.05, 4.69) is 0 Å². The zero-order chi connectivity index (χ0) is 14.0. The summed E-state index contributed by atoms with van der Waals surface area (Å²) < 4.78 is 4.89. The summed E-state index contributed by atoms with van der Waals surface area (Å²) in [5, 5.41) is 9.30. The first-order valence-electron chi connectivity index (χ1n) is 6.19. The van der Waals surface area contributed by atoms with Crippen LogP contribution in [0.25, 0.3) is 0 Å². The van der Waals surface area contributed by atoms with Gasteiger partial charge in [0.2, 0.25) is 0 Å². The molecular weight excluding hydrogens is 246 g/mol. The number of hydrogen-bond acceptors (Lipinski definition) is 3. The van der Waals surface area contributed by atoms with E-state index in [1.807, 2.05) is 13.0 Å². The lowest BCUT2D eigenvalue weighted by molar-refractivity contribution is -0.139. The molecular formula is C14H17NO4. The Kier molecular flexibility index (Phi) is 3.85. The van der Waals surface area contributed by atoms with Crippen molar-refractivity contribution in [1.82, 2.24) is 0 Å². The zero-order valence-corrected chi connectivity index (χ0v) is 11.0. The lowest BCUT2D eigenvalue weighted by Crippen LogP contribution is -2.45. The van der Waals surface area contributed by atoms with Crippen LogP contribution >= 0.6 is 0 Å². The third-order valence-corrected chi connectivity index (χ3v) is 3.42. The van der Waals surface area contributed by atoms with Crippen molar-refractivity contribution in [2.24, 2.45) is 0 Å². The molecule has 0 spiro atoms. The number of benzene rings is 1. The van der Waals surface area contributed by atoms with Crippen molar-refractivity contribution >= 4 is 17.6 Å². The molecule has 1 aromatic rings. The number of carboxylic acids is 1. The lowest BCUT2D eigenvalue weighted by Gasteiger charge is -2.37. The van der Waals surface area contributed by atoms with Gasteiger partial charge in [0, 0.05) is 18.8 Å². The molecule has 0 saturated carbocycles. The van der Waals surface area contributed by atoms with E-state index in [-0.39, 0.29) is 18.6 Å². The van der Waals surface area contributed by atoms with E-state index in [1.54, 1.807) is 23.1 Å². The zero-order valence-electron chi connectivity index (χ0n) is 11.0. The number of hydrogen-bond donors (Lipinski definition) is 1. The van der Waals surface area contributed by atoms with Crippen molar-refractivity contribution in [3.05, 3.63) is 29.8 Å².